The van der Waals surface area contributed by atoms with E-state index in [9.17, 15) is 0 Å². The van der Waals surface area contributed by atoms with Crippen LogP contribution in [-0.4, -0.2) is 23.0 Å². The van der Waals surface area contributed by atoms with E-state index in [1.54, 1.807) is 0 Å². The Morgan fingerprint density at radius 1 is 0.967 bits per heavy atom. The van der Waals surface area contributed by atoms with E-state index in [1.807, 2.05) is 23.0 Å². The molecule has 1 aliphatic rings. The zero-order valence-corrected chi connectivity index (χ0v) is 19.5. The molecule has 0 unspecified atom stereocenters. The fraction of sp³-hybridized carbons (Fsp3) is 0.423. The van der Waals surface area contributed by atoms with Crippen molar-refractivity contribution in [1.29, 1.82) is 0 Å². The molecule has 2 aromatic carbocycles. The number of nitrogens with zero attached hydrogens (tertiary/aromatic N) is 3. The van der Waals surface area contributed by atoms with Crippen molar-refractivity contribution >= 4 is 22.5 Å². The molecular formula is C26H30ClN3. The largest absolute Gasteiger partial charge is 0.296 e. The van der Waals surface area contributed by atoms with Gasteiger partial charge in [0, 0.05) is 23.5 Å². The number of aromatic nitrogens is 2. The first-order chi connectivity index (χ1) is 14.2. The van der Waals surface area contributed by atoms with E-state index in [1.165, 1.54) is 5.56 Å². The molecule has 0 bridgehead atoms. The minimum absolute atomic E-state index is 0.0574. The van der Waals surface area contributed by atoms with Crippen molar-refractivity contribution < 1.29 is 0 Å². The van der Waals surface area contributed by atoms with Crippen molar-refractivity contribution in [2.45, 2.75) is 47.0 Å². The van der Waals surface area contributed by atoms with Gasteiger partial charge in [-0.05, 0) is 54.4 Å². The van der Waals surface area contributed by atoms with E-state index in [-0.39, 0.29) is 16.2 Å². The van der Waals surface area contributed by atoms with E-state index in [2.05, 4.69) is 88.7 Å². The zero-order chi connectivity index (χ0) is 21.7. The Balaban J connectivity index is 1.95. The van der Waals surface area contributed by atoms with Gasteiger partial charge in [-0.15, -0.1) is 0 Å². The van der Waals surface area contributed by atoms with Crippen molar-refractivity contribution in [3.8, 4) is 11.8 Å². The Bertz CT molecular complexity index is 1130. The number of hydrogen-bond donors (Lipinski definition) is 0. The van der Waals surface area contributed by atoms with Gasteiger partial charge in [0.15, 0.2) is 0 Å². The lowest BCUT2D eigenvalue weighted by atomic mass is 9.86. The summed E-state index contributed by atoms with van der Waals surface area (Å²) in [5, 5.41) is 8.74. The molecule has 1 aliphatic carbocycles. The second-order valence-corrected chi connectivity index (χ2v) is 9.59. The molecular weight excluding hydrogens is 390 g/mol. The Kier molecular flexibility index (Phi) is 4.90. The molecule has 1 heterocycles. The minimum atomic E-state index is -0.218. The molecule has 4 heteroatoms. The molecule has 30 heavy (non-hydrogen) atoms. The van der Waals surface area contributed by atoms with Crippen molar-refractivity contribution in [2.75, 3.05) is 18.1 Å². The van der Waals surface area contributed by atoms with Gasteiger partial charge in [-0.3, -0.25) is 5.01 Å². The van der Waals surface area contributed by atoms with Crippen molar-refractivity contribution in [3.05, 3.63) is 64.8 Å². The van der Waals surface area contributed by atoms with Crippen LogP contribution < -0.4 is 5.01 Å². The Morgan fingerprint density at radius 3 is 2.17 bits per heavy atom. The summed E-state index contributed by atoms with van der Waals surface area (Å²) in [6.07, 6.45) is 0. The van der Waals surface area contributed by atoms with Crippen LogP contribution in [0, 0.1) is 22.7 Å². The molecule has 0 amide bonds. The van der Waals surface area contributed by atoms with Gasteiger partial charge in [0.2, 0.25) is 0 Å². The molecule has 0 saturated heterocycles. The number of halogens is 1. The van der Waals surface area contributed by atoms with Crippen LogP contribution in [0.1, 0.15) is 52.8 Å². The summed E-state index contributed by atoms with van der Waals surface area (Å²) >= 11 is 6.34. The predicted molar refractivity (Wildman–Crippen MR) is 127 cm³/mol. The Morgan fingerprint density at radius 2 is 1.60 bits per heavy atom. The van der Waals surface area contributed by atoms with Gasteiger partial charge < -0.3 is 0 Å². The Hall–Kier alpha value is -2.44. The normalized spacial score (nSPS) is 18.0. The lowest BCUT2D eigenvalue weighted by Gasteiger charge is -2.22. The summed E-state index contributed by atoms with van der Waals surface area (Å²) in [7, 11) is 0. The van der Waals surface area contributed by atoms with Gasteiger partial charge in [-0.25, -0.2) is 0 Å². The van der Waals surface area contributed by atoms with Crippen LogP contribution in [0.25, 0.3) is 10.9 Å². The van der Waals surface area contributed by atoms with Gasteiger partial charge in [-0.1, -0.05) is 75.5 Å². The number of hydrogen-bond acceptors (Lipinski definition) is 2. The molecule has 0 N–H and O–H groups in total. The summed E-state index contributed by atoms with van der Waals surface area (Å²) in [6.45, 7) is 15.3. The van der Waals surface area contributed by atoms with Gasteiger partial charge >= 0.3 is 0 Å². The second-order valence-electron chi connectivity index (χ2n) is 9.15. The van der Waals surface area contributed by atoms with E-state index in [4.69, 9.17) is 16.7 Å². The maximum Gasteiger partial charge on any atom is 0.142 e. The molecule has 1 fully saturated rings. The van der Waals surface area contributed by atoms with Crippen molar-refractivity contribution in [2.24, 2.45) is 10.8 Å². The maximum absolute atomic E-state index is 6.34. The van der Waals surface area contributed by atoms with Crippen LogP contribution in [0.2, 0.25) is 5.02 Å². The molecule has 0 spiro atoms. The van der Waals surface area contributed by atoms with Crippen LogP contribution in [0.15, 0.2) is 48.5 Å². The van der Waals surface area contributed by atoms with Crippen LogP contribution in [0.4, 0.5) is 0 Å². The molecule has 1 saturated carbocycles. The van der Waals surface area contributed by atoms with E-state index in [0.717, 1.165) is 29.7 Å². The zero-order valence-electron chi connectivity index (χ0n) is 18.8. The smallest absolute Gasteiger partial charge is 0.142 e. The van der Waals surface area contributed by atoms with Crippen molar-refractivity contribution in [1.82, 2.24) is 9.89 Å². The molecule has 0 aliphatic heterocycles. The Labute approximate surface area is 185 Å². The standard InChI is InChI=1S/C26H30ClN3/c1-7-29(8-2)30-23(21-18-20(27)14-15-22(21)28-30)16-17-26(19-12-10-9-11-13-19)24(3,4)25(26,5)6/h9-15,18H,7-8H2,1-6H3. The molecule has 0 atom stereocenters. The lowest BCUT2D eigenvalue weighted by Crippen LogP contribution is -2.36. The third-order valence-corrected chi connectivity index (χ3v) is 7.80. The van der Waals surface area contributed by atoms with Crippen LogP contribution in [-0.2, 0) is 5.41 Å². The molecule has 156 valence electrons. The fourth-order valence-corrected chi connectivity index (χ4v) is 5.29. The first kappa shape index (κ1) is 20.8. The first-order valence-corrected chi connectivity index (χ1v) is 11.1. The summed E-state index contributed by atoms with van der Waals surface area (Å²) in [4.78, 5) is 1.97. The molecule has 0 radical (unpaired) electrons. The van der Waals surface area contributed by atoms with E-state index in [0.29, 0.717) is 5.02 Å². The van der Waals surface area contributed by atoms with Gasteiger partial charge in [-0.2, -0.15) is 9.89 Å². The van der Waals surface area contributed by atoms with Crippen LogP contribution in [0.3, 0.4) is 0 Å². The monoisotopic (exact) mass is 419 g/mol. The molecule has 3 nitrogen and oxygen atoms in total. The first-order valence-electron chi connectivity index (χ1n) is 10.7. The summed E-state index contributed by atoms with van der Waals surface area (Å²) in [5.41, 5.74) is 3.00. The predicted octanol–water partition coefficient (Wildman–Crippen LogP) is 6.02. The lowest BCUT2D eigenvalue weighted by molar-refractivity contribution is 0.457. The summed E-state index contributed by atoms with van der Waals surface area (Å²) in [5.74, 6) is 7.32. The average molecular weight is 420 g/mol. The fourth-order valence-electron chi connectivity index (χ4n) is 5.12. The number of rotatable bonds is 4. The van der Waals surface area contributed by atoms with E-state index < -0.39 is 0 Å². The highest BCUT2D eigenvalue weighted by Crippen LogP contribution is 2.77. The van der Waals surface area contributed by atoms with Crippen molar-refractivity contribution in [3.63, 3.8) is 0 Å². The quantitative estimate of drug-likeness (QED) is 0.482. The SMILES string of the molecule is CCN(CC)n1nc2ccc(Cl)cc2c1C#CC1(c2ccccc2)C(C)(C)C1(C)C. The summed E-state index contributed by atoms with van der Waals surface area (Å²) in [6, 6.07) is 16.5. The summed E-state index contributed by atoms with van der Waals surface area (Å²) < 4.78 is 0. The highest BCUT2D eigenvalue weighted by molar-refractivity contribution is 6.31. The second kappa shape index (κ2) is 7.06. The number of fused-ring (bicyclic) bond motifs is 1. The van der Waals surface area contributed by atoms with Gasteiger partial charge in [0.1, 0.15) is 5.69 Å². The molecule has 3 aromatic rings. The van der Waals surface area contributed by atoms with Gasteiger partial charge in [0.25, 0.3) is 0 Å². The minimum Gasteiger partial charge on any atom is -0.296 e. The van der Waals surface area contributed by atoms with E-state index >= 15 is 0 Å². The third kappa shape index (κ3) is 2.70. The molecule has 1 aromatic heterocycles. The number of benzene rings is 2. The highest BCUT2D eigenvalue weighted by Gasteiger charge is 2.77. The highest BCUT2D eigenvalue weighted by atomic mass is 35.5. The third-order valence-electron chi connectivity index (χ3n) is 7.56. The van der Waals surface area contributed by atoms with Gasteiger partial charge in [0.05, 0.1) is 10.9 Å². The topological polar surface area (TPSA) is 21.1 Å². The maximum atomic E-state index is 6.34. The van der Waals surface area contributed by atoms with Crippen LogP contribution >= 0.6 is 11.6 Å². The average Bonchev–Trinajstić information content (AvgIpc) is 2.95. The van der Waals surface area contributed by atoms with Crippen LogP contribution in [0.5, 0.6) is 0 Å². The molecule has 4 rings (SSSR count).